The van der Waals surface area contributed by atoms with Crippen molar-refractivity contribution >= 4 is 0 Å². The molecule has 0 bridgehead atoms. The summed E-state index contributed by atoms with van der Waals surface area (Å²) in [6, 6.07) is 0. The van der Waals surface area contributed by atoms with Gasteiger partial charge in [-0.15, -0.1) is 0 Å². The lowest BCUT2D eigenvalue weighted by Crippen LogP contribution is -2.25. The van der Waals surface area contributed by atoms with Crippen molar-refractivity contribution < 1.29 is 0 Å². The summed E-state index contributed by atoms with van der Waals surface area (Å²) >= 11 is 0. The number of nitrogens with two attached hydrogens (primary N) is 1. The average Bonchev–Trinajstić information content (AvgIpc) is 1.85. The predicted octanol–water partition coefficient (Wildman–Crippen LogP) is 2.68. The Balaban J connectivity index is 2.53. The Morgan fingerprint density at radius 2 is 2.18 bits per heavy atom. The van der Waals surface area contributed by atoms with E-state index in [1.165, 1.54) is 25.7 Å². The molecule has 0 aromatic carbocycles. The largest absolute Gasteiger partial charge is 0.402 e. The summed E-state index contributed by atoms with van der Waals surface area (Å²) in [4.78, 5) is 0. The van der Waals surface area contributed by atoms with Crippen molar-refractivity contribution in [2.45, 2.75) is 39.5 Å². The van der Waals surface area contributed by atoms with Crippen molar-refractivity contribution in [3.8, 4) is 0 Å². The lowest BCUT2D eigenvalue weighted by molar-refractivity contribution is 0.199. The van der Waals surface area contributed by atoms with Crippen LogP contribution in [0.15, 0.2) is 12.3 Å². The normalized spacial score (nSPS) is 29.8. The zero-order chi connectivity index (χ0) is 8.48. The maximum absolute atomic E-state index is 5.69. The molecule has 1 unspecified atom stereocenters. The summed E-state index contributed by atoms with van der Waals surface area (Å²) < 4.78 is 0. The molecule has 0 spiro atoms. The van der Waals surface area contributed by atoms with Crippen LogP contribution in [0.4, 0.5) is 0 Å². The van der Waals surface area contributed by atoms with Gasteiger partial charge < -0.3 is 5.73 Å². The topological polar surface area (TPSA) is 26.0 Å². The Hall–Kier alpha value is -0.460. The van der Waals surface area contributed by atoms with Gasteiger partial charge in [-0.2, -0.15) is 0 Å². The van der Waals surface area contributed by atoms with Gasteiger partial charge in [0.2, 0.25) is 0 Å². The quantitative estimate of drug-likeness (QED) is 0.615. The molecule has 1 aliphatic carbocycles. The first-order valence-corrected chi connectivity index (χ1v) is 4.45. The predicted molar refractivity (Wildman–Crippen MR) is 49.1 cm³/mol. The van der Waals surface area contributed by atoms with Gasteiger partial charge in [0.15, 0.2) is 0 Å². The molecule has 1 fully saturated rings. The fourth-order valence-electron chi connectivity index (χ4n) is 2.01. The van der Waals surface area contributed by atoms with Crippen LogP contribution in [0.25, 0.3) is 0 Å². The summed E-state index contributed by atoms with van der Waals surface area (Å²) in [5.74, 6) is 0.582. The van der Waals surface area contributed by atoms with Crippen LogP contribution in [-0.4, -0.2) is 0 Å². The van der Waals surface area contributed by atoms with Gasteiger partial charge in [-0.1, -0.05) is 26.8 Å². The third-order valence-corrected chi connectivity index (χ3v) is 2.73. The van der Waals surface area contributed by atoms with E-state index in [0.717, 1.165) is 5.70 Å². The second-order valence-corrected chi connectivity index (χ2v) is 4.53. The van der Waals surface area contributed by atoms with Crippen molar-refractivity contribution in [1.29, 1.82) is 0 Å². The second kappa shape index (κ2) is 2.88. The first kappa shape index (κ1) is 8.63. The van der Waals surface area contributed by atoms with Gasteiger partial charge in [0.1, 0.15) is 0 Å². The van der Waals surface area contributed by atoms with E-state index in [0.29, 0.717) is 11.3 Å². The SMILES string of the molecule is C=C(N)C1CCCC(C)(C)C1. The number of rotatable bonds is 1. The van der Waals surface area contributed by atoms with Gasteiger partial charge in [0, 0.05) is 5.70 Å². The fourth-order valence-corrected chi connectivity index (χ4v) is 2.01. The van der Waals surface area contributed by atoms with Crippen molar-refractivity contribution in [2.24, 2.45) is 17.1 Å². The van der Waals surface area contributed by atoms with E-state index in [-0.39, 0.29) is 0 Å². The smallest absolute Gasteiger partial charge is 0.00392 e. The van der Waals surface area contributed by atoms with Crippen LogP contribution in [-0.2, 0) is 0 Å². The molecule has 0 saturated heterocycles. The number of hydrogen-bond acceptors (Lipinski definition) is 1. The van der Waals surface area contributed by atoms with Gasteiger partial charge in [0.25, 0.3) is 0 Å². The third-order valence-electron chi connectivity index (χ3n) is 2.73. The maximum Gasteiger partial charge on any atom is 0.00392 e. The molecule has 1 saturated carbocycles. The van der Waals surface area contributed by atoms with Crippen LogP contribution in [0.1, 0.15) is 39.5 Å². The Morgan fingerprint density at radius 1 is 1.55 bits per heavy atom. The Kier molecular flexibility index (Phi) is 2.26. The van der Waals surface area contributed by atoms with Crippen LogP contribution >= 0.6 is 0 Å². The lowest BCUT2D eigenvalue weighted by atomic mass is 9.71. The Morgan fingerprint density at radius 3 is 2.55 bits per heavy atom. The monoisotopic (exact) mass is 153 g/mol. The van der Waals surface area contributed by atoms with Gasteiger partial charge in [0.05, 0.1) is 0 Å². The second-order valence-electron chi connectivity index (χ2n) is 4.53. The summed E-state index contributed by atoms with van der Waals surface area (Å²) in [6.45, 7) is 8.47. The van der Waals surface area contributed by atoms with Crippen molar-refractivity contribution in [1.82, 2.24) is 0 Å². The van der Waals surface area contributed by atoms with Crippen molar-refractivity contribution in [3.63, 3.8) is 0 Å². The molecule has 11 heavy (non-hydrogen) atoms. The molecule has 0 aliphatic heterocycles. The fraction of sp³-hybridized carbons (Fsp3) is 0.800. The van der Waals surface area contributed by atoms with E-state index in [2.05, 4.69) is 20.4 Å². The Bertz CT molecular complexity index is 158. The first-order chi connectivity index (χ1) is 5.01. The number of hydrogen-bond donors (Lipinski definition) is 1. The van der Waals surface area contributed by atoms with E-state index in [1.807, 2.05) is 0 Å². The molecule has 0 aromatic rings. The van der Waals surface area contributed by atoms with Crippen LogP contribution in [0, 0.1) is 11.3 Å². The molecule has 1 heteroatoms. The minimum absolute atomic E-state index is 0.491. The molecule has 0 heterocycles. The van der Waals surface area contributed by atoms with E-state index in [1.54, 1.807) is 0 Å². The lowest BCUT2D eigenvalue weighted by Gasteiger charge is -2.35. The molecular formula is C10H19N. The highest BCUT2D eigenvalue weighted by Gasteiger charge is 2.28. The average molecular weight is 153 g/mol. The molecule has 0 amide bonds. The van der Waals surface area contributed by atoms with Gasteiger partial charge in [-0.3, -0.25) is 0 Å². The van der Waals surface area contributed by atoms with E-state index in [4.69, 9.17) is 5.73 Å². The molecule has 1 atom stereocenters. The van der Waals surface area contributed by atoms with E-state index in [9.17, 15) is 0 Å². The summed E-state index contributed by atoms with van der Waals surface area (Å²) in [6.07, 6.45) is 5.13. The van der Waals surface area contributed by atoms with Gasteiger partial charge in [-0.25, -0.2) is 0 Å². The molecule has 0 radical (unpaired) electrons. The van der Waals surface area contributed by atoms with Crippen molar-refractivity contribution in [2.75, 3.05) is 0 Å². The minimum Gasteiger partial charge on any atom is -0.402 e. The molecule has 1 nitrogen and oxygen atoms in total. The Labute approximate surface area is 69.7 Å². The standard InChI is InChI=1S/C10H19N/c1-8(11)9-5-4-6-10(2,3)7-9/h9H,1,4-7,11H2,2-3H3. The molecular weight excluding hydrogens is 134 g/mol. The maximum atomic E-state index is 5.69. The van der Waals surface area contributed by atoms with Crippen LogP contribution < -0.4 is 5.73 Å². The highest BCUT2D eigenvalue weighted by molar-refractivity contribution is 4.98. The van der Waals surface area contributed by atoms with Gasteiger partial charge in [-0.05, 0) is 30.6 Å². The molecule has 1 rings (SSSR count). The summed E-state index contributed by atoms with van der Waals surface area (Å²) in [5.41, 5.74) is 7.07. The van der Waals surface area contributed by atoms with E-state index < -0.39 is 0 Å². The molecule has 64 valence electrons. The summed E-state index contributed by atoms with van der Waals surface area (Å²) in [5, 5.41) is 0. The molecule has 1 aliphatic rings. The van der Waals surface area contributed by atoms with E-state index >= 15 is 0 Å². The zero-order valence-corrected chi connectivity index (χ0v) is 7.69. The molecule has 2 N–H and O–H groups in total. The highest BCUT2D eigenvalue weighted by atomic mass is 14.6. The van der Waals surface area contributed by atoms with Crippen LogP contribution in [0.5, 0.6) is 0 Å². The molecule has 0 aromatic heterocycles. The van der Waals surface area contributed by atoms with Crippen molar-refractivity contribution in [3.05, 3.63) is 12.3 Å². The highest BCUT2D eigenvalue weighted by Crippen LogP contribution is 2.39. The zero-order valence-electron chi connectivity index (χ0n) is 7.69. The first-order valence-electron chi connectivity index (χ1n) is 4.45. The van der Waals surface area contributed by atoms with Crippen LogP contribution in [0.3, 0.4) is 0 Å². The third kappa shape index (κ3) is 2.25. The van der Waals surface area contributed by atoms with Crippen LogP contribution in [0.2, 0.25) is 0 Å². The number of allylic oxidation sites excluding steroid dienone is 1. The minimum atomic E-state index is 0.491. The summed E-state index contributed by atoms with van der Waals surface area (Å²) in [7, 11) is 0. The van der Waals surface area contributed by atoms with Gasteiger partial charge >= 0.3 is 0 Å².